The highest BCUT2D eigenvalue weighted by molar-refractivity contribution is 5.86. The van der Waals surface area contributed by atoms with E-state index in [2.05, 4.69) is 49.5 Å². The summed E-state index contributed by atoms with van der Waals surface area (Å²) in [6, 6.07) is 4.20. The Hall–Kier alpha value is -3.06. The fourth-order valence-corrected chi connectivity index (χ4v) is 4.66. The maximum Gasteiger partial charge on any atom is 0.273 e. The molecule has 0 bridgehead atoms. The predicted molar refractivity (Wildman–Crippen MR) is 133 cm³/mol. The number of hydrogen-bond acceptors (Lipinski definition) is 5. The van der Waals surface area contributed by atoms with Crippen molar-refractivity contribution in [3.05, 3.63) is 51.2 Å². The van der Waals surface area contributed by atoms with E-state index in [0.29, 0.717) is 23.3 Å². The molecule has 4 aromatic rings. The van der Waals surface area contributed by atoms with E-state index in [1.165, 1.54) is 0 Å². The van der Waals surface area contributed by atoms with E-state index in [0.717, 1.165) is 45.5 Å². The van der Waals surface area contributed by atoms with Gasteiger partial charge in [-0.05, 0) is 70.7 Å². The second-order valence-corrected chi connectivity index (χ2v) is 9.13. The molecule has 0 aromatic carbocycles. The lowest BCUT2D eigenvalue weighted by Gasteiger charge is -2.18. The van der Waals surface area contributed by atoms with Gasteiger partial charge in [0.2, 0.25) is 0 Å². The summed E-state index contributed by atoms with van der Waals surface area (Å²) in [6.45, 7) is 14.1. The molecule has 0 fully saturated rings. The molecule has 7 nitrogen and oxygen atoms in total. The third-order valence-corrected chi connectivity index (χ3v) is 6.47. The van der Waals surface area contributed by atoms with Gasteiger partial charge in [0.05, 0.1) is 35.1 Å². The molecule has 0 saturated heterocycles. The zero-order valence-corrected chi connectivity index (χ0v) is 20.6. The van der Waals surface area contributed by atoms with Gasteiger partial charge in [-0.3, -0.25) is 9.36 Å². The summed E-state index contributed by atoms with van der Waals surface area (Å²) in [6.07, 6.45) is 3.64. The molecule has 33 heavy (non-hydrogen) atoms. The van der Waals surface area contributed by atoms with Crippen molar-refractivity contribution in [3.63, 3.8) is 0 Å². The summed E-state index contributed by atoms with van der Waals surface area (Å²) in [5, 5.41) is 9.84. The minimum absolute atomic E-state index is 0.0126. The van der Waals surface area contributed by atoms with Crippen LogP contribution in [0.25, 0.3) is 33.5 Å². The molecule has 4 rings (SSSR count). The van der Waals surface area contributed by atoms with Gasteiger partial charge in [0, 0.05) is 17.8 Å². The average molecular weight is 448 g/mol. The Morgan fingerprint density at radius 1 is 1.03 bits per heavy atom. The lowest BCUT2D eigenvalue weighted by Crippen LogP contribution is -2.26. The van der Waals surface area contributed by atoms with Crippen LogP contribution in [-0.4, -0.2) is 35.8 Å². The first kappa shape index (κ1) is 23.1. The number of nitrogens with zero attached hydrogens (tertiary/aromatic N) is 5. The van der Waals surface area contributed by atoms with Crippen molar-refractivity contribution in [2.45, 2.75) is 73.4 Å². The minimum Gasteiger partial charge on any atom is -0.394 e. The van der Waals surface area contributed by atoms with Crippen molar-refractivity contribution >= 4 is 22.2 Å². The third kappa shape index (κ3) is 3.74. The van der Waals surface area contributed by atoms with E-state index in [1.807, 2.05) is 19.9 Å². The van der Waals surface area contributed by atoms with E-state index >= 15 is 0 Å². The lowest BCUT2D eigenvalue weighted by atomic mass is 10.0. The first-order chi connectivity index (χ1) is 15.7. The third-order valence-electron chi connectivity index (χ3n) is 6.47. The van der Waals surface area contributed by atoms with Crippen LogP contribution < -0.4 is 5.56 Å². The Balaban J connectivity index is 2.01. The summed E-state index contributed by atoms with van der Waals surface area (Å²) in [5.41, 5.74) is 8.51. The molecular formula is C26H33N5O2. The van der Waals surface area contributed by atoms with Crippen LogP contribution in [0.4, 0.5) is 0 Å². The highest BCUT2D eigenvalue weighted by Crippen LogP contribution is 2.33. The Kier molecular flexibility index (Phi) is 6.10. The molecule has 7 heteroatoms. The smallest absolute Gasteiger partial charge is 0.273 e. The van der Waals surface area contributed by atoms with Crippen LogP contribution >= 0.6 is 0 Å². The van der Waals surface area contributed by atoms with Gasteiger partial charge in [-0.1, -0.05) is 13.8 Å². The van der Waals surface area contributed by atoms with Crippen molar-refractivity contribution in [2.75, 3.05) is 6.61 Å². The molecular weight excluding hydrogens is 414 g/mol. The fourth-order valence-electron chi connectivity index (χ4n) is 4.66. The van der Waals surface area contributed by atoms with Crippen LogP contribution in [-0.2, 0) is 6.42 Å². The van der Waals surface area contributed by atoms with Crippen LogP contribution in [0.15, 0.2) is 23.1 Å². The van der Waals surface area contributed by atoms with E-state index in [-0.39, 0.29) is 24.2 Å². The zero-order valence-electron chi connectivity index (χ0n) is 20.6. The van der Waals surface area contributed by atoms with E-state index in [1.54, 1.807) is 11.5 Å². The molecule has 4 aromatic heterocycles. The maximum absolute atomic E-state index is 12.8. The van der Waals surface area contributed by atoms with Crippen molar-refractivity contribution in [1.29, 1.82) is 0 Å². The molecule has 0 unspecified atom stereocenters. The van der Waals surface area contributed by atoms with Gasteiger partial charge in [-0.25, -0.2) is 15.0 Å². The molecule has 4 heterocycles. The summed E-state index contributed by atoms with van der Waals surface area (Å²) >= 11 is 0. The first-order valence-corrected chi connectivity index (χ1v) is 11.7. The van der Waals surface area contributed by atoms with Gasteiger partial charge < -0.3 is 9.67 Å². The Bertz CT molecular complexity index is 1410. The molecule has 0 aliphatic rings. The van der Waals surface area contributed by atoms with E-state index in [4.69, 9.17) is 9.97 Å². The SMILES string of the molecule is CCc1nc2c(cc1-c1nc3c(C)cn([C@H](CC)CO)c3cc1C)nc(C)c(=O)n2C(C)C. The number of aryl methyl sites for hydroxylation is 4. The Labute approximate surface area is 194 Å². The number of rotatable bonds is 6. The monoisotopic (exact) mass is 447 g/mol. The number of fused-ring (bicyclic) bond motifs is 2. The quantitative estimate of drug-likeness (QED) is 0.458. The molecule has 0 radical (unpaired) electrons. The summed E-state index contributed by atoms with van der Waals surface area (Å²) in [4.78, 5) is 27.3. The number of aliphatic hydroxyl groups excluding tert-OH is 1. The van der Waals surface area contributed by atoms with Crippen molar-refractivity contribution in [3.8, 4) is 11.3 Å². The van der Waals surface area contributed by atoms with Gasteiger partial charge >= 0.3 is 0 Å². The molecule has 1 N–H and O–H groups in total. The first-order valence-electron chi connectivity index (χ1n) is 11.7. The molecule has 0 saturated carbocycles. The summed E-state index contributed by atoms with van der Waals surface area (Å²) < 4.78 is 3.87. The highest BCUT2D eigenvalue weighted by atomic mass is 16.3. The number of aliphatic hydroxyl groups is 1. The molecule has 0 aliphatic heterocycles. The van der Waals surface area contributed by atoms with E-state index in [9.17, 15) is 9.90 Å². The van der Waals surface area contributed by atoms with Crippen LogP contribution in [0.5, 0.6) is 0 Å². The van der Waals surface area contributed by atoms with Crippen molar-refractivity contribution in [2.24, 2.45) is 0 Å². The lowest BCUT2D eigenvalue weighted by molar-refractivity contribution is 0.227. The standard InChI is InChI=1S/C26H33N5O2/c1-8-18(13-32)30-12-16(6)24-22(30)10-15(5)23(29-24)19-11-21-25(28-20(19)9-2)31(14(3)4)26(33)17(7)27-21/h10-12,14,18,32H,8-9,13H2,1-7H3/t18-/m1/s1. The van der Waals surface area contributed by atoms with Gasteiger partial charge in [-0.15, -0.1) is 0 Å². The highest BCUT2D eigenvalue weighted by Gasteiger charge is 2.20. The Morgan fingerprint density at radius 3 is 2.36 bits per heavy atom. The van der Waals surface area contributed by atoms with Crippen LogP contribution in [0.2, 0.25) is 0 Å². The maximum atomic E-state index is 12.8. The Morgan fingerprint density at radius 2 is 1.76 bits per heavy atom. The molecule has 174 valence electrons. The number of hydrogen-bond donors (Lipinski definition) is 1. The van der Waals surface area contributed by atoms with E-state index < -0.39 is 0 Å². The molecule has 0 spiro atoms. The topological polar surface area (TPSA) is 85.8 Å². The average Bonchev–Trinajstić information content (AvgIpc) is 3.09. The minimum atomic E-state index is -0.0955. The van der Waals surface area contributed by atoms with Gasteiger partial charge in [0.1, 0.15) is 11.2 Å². The van der Waals surface area contributed by atoms with Gasteiger partial charge in [0.25, 0.3) is 5.56 Å². The summed E-state index contributed by atoms with van der Waals surface area (Å²) in [5.74, 6) is 0. The second-order valence-electron chi connectivity index (χ2n) is 9.13. The fraction of sp³-hybridized carbons (Fsp3) is 0.462. The molecule has 1 atom stereocenters. The zero-order chi connectivity index (χ0) is 24.0. The molecule has 0 amide bonds. The number of pyridine rings is 2. The predicted octanol–water partition coefficient (Wildman–Crippen LogP) is 4.82. The largest absolute Gasteiger partial charge is 0.394 e. The van der Waals surface area contributed by atoms with Crippen LogP contribution in [0, 0.1) is 20.8 Å². The second kappa shape index (κ2) is 8.71. The van der Waals surface area contributed by atoms with Crippen molar-refractivity contribution in [1.82, 2.24) is 24.1 Å². The normalized spacial score (nSPS) is 12.9. The molecule has 0 aliphatic carbocycles. The van der Waals surface area contributed by atoms with Crippen LogP contribution in [0.3, 0.4) is 0 Å². The van der Waals surface area contributed by atoms with Crippen LogP contribution in [0.1, 0.15) is 68.7 Å². The summed E-state index contributed by atoms with van der Waals surface area (Å²) in [7, 11) is 0. The van der Waals surface area contributed by atoms with Gasteiger partial charge in [-0.2, -0.15) is 0 Å². The number of aromatic nitrogens is 5. The van der Waals surface area contributed by atoms with Gasteiger partial charge in [0.15, 0.2) is 5.65 Å². The van der Waals surface area contributed by atoms with Crippen molar-refractivity contribution < 1.29 is 5.11 Å².